The summed E-state index contributed by atoms with van der Waals surface area (Å²) in [7, 11) is 1.34. The van der Waals surface area contributed by atoms with Crippen molar-refractivity contribution in [3.05, 3.63) is 11.5 Å². The second-order valence-corrected chi connectivity index (χ2v) is 4.88. The van der Waals surface area contributed by atoms with Gasteiger partial charge in [-0.3, -0.25) is 0 Å². The summed E-state index contributed by atoms with van der Waals surface area (Å²) < 4.78 is 5.23. The zero-order valence-corrected chi connectivity index (χ0v) is 10.1. The third-order valence-corrected chi connectivity index (χ3v) is 3.60. The summed E-state index contributed by atoms with van der Waals surface area (Å²) in [6.45, 7) is 0. The van der Waals surface area contributed by atoms with Gasteiger partial charge in [-0.15, -0.1) is 0 Å². The Kier molecular flexibility index (Phi) is 4.98. The molecule has 0 bridgehead atoms. The van der Waals surface area contributed by atoms with Crippen LogP contribution < -0.4 is 0 Å². The summed E-state index contributed by atoms with van der Waals surface area (Å²) in [6.07, 6.45) is 4.21. The number of hydrogen-bond acceptors (Lipinski definition) is 5. The molecular weight excluding hydrogens is 230 g/mol. The Balaban J connectivity index is 2.39. The van der Waals surface area contributed by atoms with Crippen LogP contribution in [-0.4, -0.2) is 23.0 Å². The fraction of sp³-hybridized carbons (Fsp3) is 0.500. The van der Waals surface area contributed by atoms with Gasteiger partial charge in [-0.25, -0.2) is 4.79 Å². The van der Waals surface area contributed by atoms with Crippen LogP contribution >= 0.6 is 24.0 Å². The first-order valence-electron chi connectivity index (χ1n) is 4.67. The summed E-state index contributed by atoms with van der Waals surface area (Å²) in [5, 5.41) is 9.30. The molecule has 1 fully saturated rings. The van der Waals surface area contributed by atoms with Gasteiger partial charge in [0.25, 0.3) is 0 Å². The highest BCUT2D eigenvalue weighted by Crippen LogP contribution is 2.28. The maximum absolute atomic E-state index is 10.8. The molecule has 1 aliphatic rings. The van der Waals surface area contributed by atoms with Gasteiger partial charge in [0.2, 0.25) is 0 Å². The number of methoxy groups -OCH3 is 1. The molecule has 0 saturated heterocycles. The lowest BCUT2D eigenvalue weighted by molar-refractivity contribution is -0.134. The summed E-state index contributed by atoms with van der Waals surface area (Å²) in [6, 6.07) is 0. The molecule has 5 heteroatoms. The van der Waals surface area contributed by atoms with E-state index in [9.17, 15) is 4.79 Å². The summed E-state index contributed by atoms with van der Waals surface area (Å²) in [5.41, 5.74) is 0.721. The average molecular weight is 243 g/mol. The van der Waals surface area contributed by atoms with Gasteiger partial charge in [-0.1, -0.05) is 24.0 Å². The first-order valence-corrected chi connectivity index (χ1v) is 5.96. The van der Waals surface area contributed by atoms with E-state index in [0.717, 1.165) is 29.2 Å². The van der Waals surface area contributed by atoms with E-state index in [1.54, 1.807) is 5.41 Å². The number of esters is 1. The van der Waals surface area contributed by atoms with Crippen LogP contribution in [-0.2, 0) is 9.53 Å². The normalized spacial score (nSPS) is 20.9. The molecule has 1 atom stereocenters. The van der Waals surface area contributed by atoms with Crippen molar-refractivity contribution >= 4 is 39.9 Å². The van der Waals surface area contributed by atoms with Crippen LogP contribution in [0.15, 0.2) is 11.5 Å². The lowest BCUT2D eigenvalue weighted by Crippen LogP contribution is -2.12. The molecule has 0 unspecified atom stereocenters. The van der Waals surface area contributed by atoms with Crippen molar-refractivity contribution in [3.8, 4) is 0 Å². The average Bonchev–Trinajstić information content (AvgIpc) is 2.64. The number of thiocarbonyl (C=S) groups is 1. The van der Waals surface area contributed by atoms with Crippen LogP contribution in [0.2, 0.25) is 0 Å². The molecule has 1 N–H and O–H groups in total. The number of carbonyl (C=O) groups is 1. The highest BCUT2D eigenvalue weighted by atomic mass is 32.2. The van der Waals surface area contributed by atoms with Crippen LogP contribution in [0.4, 0.5) is 0 Å². The van der Waals surface area contributed by atoms with Crippen molar-refractivity contribution in [2.45, 2.75) is 19.3 Å². The van der Waals surface area contributed by atoms with Crippen molar-refractivity contribution < 1.29 is 9.53 Å². The zero-order chi connectivity index (χ0) is 11.3. The summed E-state index contributed by atoms with van der Waals surface area (Å²) in [4.78, 5) is 10.8. The fourth-order valence-corrected chi connectivity index (χ4v) is 2.58. The second kappa shape index (κ2) is 6.02. The third-order valence-electron chi connectivity index (χ3n) is 2.23. The van der Waals surface area contributed by atoms with Gasteiger partial charge in [-0.2, -0.15) is 0 Å². The van der Waals surface area contributed by atoms with Crippen LogP contribution in [0.1, 0.15) is 19.3 Å². The van der Waals surface area contributed by atoms with Crippen molar-refractivity contribution in [1.29, 1.82) is 5.41 Å². The number of carbonyl (C=O) groups excluding carboxylic acids is 1. The molecule has 0 spiro atoms. The molecule has 1 saturated carbocycles. The molecule has 0 aromatic heterocycles. The molecule has 15 heavy (non-hydrogen) atoms. The van der Waals surface area contributed by atoms with Crippen molar-refractivity contribution in [2.75, 3.05) is 7.11 Å². The minimum atomic E-state index is -0.383. The monoisotopic (exact) mass is 243 g/mol. The van der Waals surface area contributed by atoms with E-state index < -0.39 is 0 Å². The highest BCUT2D eigenvalue weighted by molar-refractivity contribution is 8.25. The maximum Gasteiger partial charge on any atom is 0.330 e. The first kappa shape index (κ1) is 12.4. The molecule has 1 aliphatic carbocycles. The van der Waals surface area contributed by atoms with Crippen molar-refractivity contribution in [3.63, 3.8) is 0 Å². The van der Waals surface area contributed by atoms with E-state index in [0.29, 0.717) is 0 Å². The Labute approximate surface area is 98.8 Å². The molecule has 0 heterocycles. The molecule has 0 aromatic rings. The maximum atomic E-state index is 10.8. The molecule has 0 radical (unpaired) electrons. The fourth-order valence-electron chi connectivity index (χ4n) is 1.41. The first-order chi connectivity index (χ1) is 7.15. The van der Waals surface area contributed by atoms with Crippen molar-refractivity contribution in [2.24, 2.45) is 5.92 Å². The smallest absolute Gasteiger partial charge is 0.330 e. The minimum absolute atomic E-state index is 0.118. The highest BCUT2D eigenvalue weighted by Gasteiger charge is 2.24. The van der Waals surface area contributed by atoms with Gasteiger partial charge in [0.1, 0.15) is 0 Å². The molecule has 1 rings (SSSR count). The Bertz CT molecular complexity index is 313. The van der Waals surface area contributed by atoms with Gasteiger partial charge < -0.3 is 10.1 Å². The Morgan fingerprint density at radius 1 is 1.73 bits per heavy atom. The molecule has 82 valence electrons. The number of hydrogen-bond donors (Lipinski definition) is 1. The number of ether oxygens (including phenoxy) is 1. The lowest BCUT2D eigenvalue weighted by atomic mass is 10.1. The molecular formula is C10H13NO2S2. The number of thioether (sulfide) groups is 1. The summed E-state index contributed by atoms with van der Waals surface area (Å²) >= 11 is 6.53. The van der Waals surface area contributed by atoms with Crippen LogP contribution in [0.5, 0.6) is 0 Å². The van der Waals surface area contributed by atoms with Crippen LogP contribution in [0.3, 0.4) is 0 Å². The third kappa shape index (κ3) is 3.76. The van der Waals surface area contributed by atoms with Gasteiger partial charge >= 0.3 is 5.97 Å². The Morgan fingerprint density at radius 3 is 3.00 bits per heavy atom. The Morgan fingerprint density at radius 2 is 2.47 bits per heavy atom. The standard InChI is InChI=1S/C10H13NO2S2/c1-13-9(12)5-6-15-10(14)7-3-2-4-8(7)11/h5-7,11H,2-4H2,1H3/b6-5+,11-8?/t7-/m1/s1. The number of nitrogens with one attached hydrogen (secondary N) is 1. The summed E-state index contributed by atoms with van der Waals surface area (Å²) in [5.74, 6) is -0.265. The molecule has 0 aliphatic heterocycles. The molecule has 0 aromatic carbocycles. The topological polar surface area (TPSA) is 50.2 Å². The van der Waals surface area contributed by atoms with E-state index >= 15 is 0 Å². The van der Waals surface area contributed by atoms with E-state index in [1.807, 2.05) is 0 Å². The zero-order valence-electron chi connectivity index (χ0n) is 8.49. The molecule has 0 amide bonds. The predicted octanol–water partition coefficient (Wildman–Crippen LogP) is 2.55. The minimum Gasteiger partial charge on any atom is -0.466 e. The van der Waals surface area contributed by atoms with E-state index in [-0.39, 0.29) is 11.9 Å². The van der Waals surface area contributed by atoms with Crippen molar-refractivity contribution in [1.82, 2.24) is 0 Å². The van der Waals surface area contributed by atoms with E-state index in [2.05, 4.69) is 4.74 Å². The van der Waals surface area contributed by atoms with Gasteiger partial charge in [0.05, 0.1) is 11.3 Å². The predicted molar refractivity (Wildman–Crippen MR) is 66.4 cm³/mol. The SMILES string of the molecule is COC(=O)/C=C/SC(=S)[C@@H]1CCCC1=N. The molecule has 3 nitrogen and oxygen atoms in total. The van der Waals surface area contributed by atoms with Gasteiger partial charge in [0.15, 0.2) is 0 Å². The quantitative estimate of drug-likeness (QED) is 0.470. The number of rotatable bonds is 3. The van der Waals surface area contributed by atoms with Crippen LogP contribution in [0.25, 0.3) is 0 Å². The second-order valence-electron chi connectivity index (χ2n) is 3.23. The largest absolute Gasteiger partial charge is 0.466 e. The van der Waals surface area contributed by atoms with Crippen LogP contribution in [0, 0.1) is 11.3 Å². The van der Waals surface area contributed by atoms with E-state index in [4.69, 9.17) is 17.6 Å². The van der Waals surface area contributed by atoms with Gasteiger partial charge in [-0.05, 0) is 24.7 Å². The lowest BCUT2D eigenvalue weighted by Gasteiger charge is -2.08. The Hall–Kier alpha value is -0.680. The van der Waals surface area contributed by atoms with Gasteiger partial charge in [0, 0.05) is 17.7 Å². The van der Waals surface area contributed by atoms with E-state index in [1.165, 1.54) is 24.9 Å².